The molecule has 1 amide bonds. The summed E-state index contributed by atoms with van der Waals surface area (Å²) in [5.74, 6) is 1.31. The van der Waals surface area contributed by atoms with Gasteiger partial charge < -0.3 is 19.5 Å². The molecule has 34 heavy (non-hydrogen) atoms. The van der Waals surface area contributed by atoms with Crippen molar-refractivity contribution in [3.05, 3.63) is 65.7 Å². The van der Waals surface area contributed by atoms with Gasteiger partial charge in [-0.25, -0.2) is 0 Å². The molecule has 0 saturated carbocycles. The van der Waals surface area contributed by atoms with Gasteiger partial charge in [0.05, 0.1) is 12.1 Å². The first kappa shape index (κ1) is 23.0. The van der Waals surface area contributed by atoms with Crippen LogP contribution in [0.4, 0.5) is 0 Å². The zero-order valence-electron chi connectivity index (χ0n) is 20.2. The number of carbonyl (C=O) groups excluding carboxylic acids is 1. The number of ether oxygens (including phenoxy) is 1. The molecule has 0 atom stereocenters. The first-order valence-electron chi connectivity index (χ1n) is 13.1. The van der Waals surface area contributed by atoms with Gasteiger partial charge in [-0.15, -0.1) is 0 Å². The van der Waals surface area contributed by atoms with Gasteiger partial charge >= 0.3 is 0 Å². The van der Waals surface area contributed by atoms with Crippen molar-refractivity contribution in [2.24, 2.45) is 5.92 Å². The lowest BCUT2D eigenvalue weighted by Gasteiger charge is -2.32. The van der Waals surface area contributed by atoms with E-state index in [-0.39, 0.29) is 5.91 Å². The molecule has 3 heterocycles. The Morgan fingerprint density at radius 1 is 0.941 bits per heavy atom. The van der Waals surface area contributed by atoms with Gasteiger partial charge in [-0.2, -0.15) is 0 Å². The molecule has 3 aromatic rings. The number of fused-ring (bicyclic) bond motifs is 3. The third-order valence-electron chi connectivity index (χ3n) is 7.46. The lowest BCUT2D eigenvalue weighted by molar-refractivity contribution is 0.0931. The first-order chi connectivity index (χ1) is 16.8. The summed E-state index contributed by atoms with van der Waals surface area (Å²) in [5, 5.41) is 4.24. The number of carbonyl (C=O) groups is 1. The van der Waals surface area contributed by atoms with Crippen LogP contribution in [0.3, 0.4) is 0 Å². The molecule has 2 aliphatic heterocycles. The second-order valence-electron chi connectivity index (χ2n) is 9.84. The van der Waals surface area contributed by atoms with E-state index >= 15 is 0 Å². The van der Waals surface area contributed by atoms with Crippen molar-refractivity contribution < 1.29 is 9.53 Å². The number of nitrogens with one attached hydrogen (secondary N) is 1. The van der Waals surface area contributed by atoms with E-state index in [2.05, 4.69) is 51.2 Å². The van der Waals surface area contributed by atoms with E-state index < -0.39 is 0 Å². The van der Waals surface area contributed by atoms with E-state index in [0.29, 0.717) is 18.1 Å². The monoisotopic (exact) mass is 459 g/mol. The Hall–Kier alpha value is -2.79. The van der Waals surface area contributed by atoms with E-state index in [1.54, 1.807) is 0 Å². The minimum Gasteiger partial charge on any atom is -0.478 e. The summed E-state index contributed by atoms with van der Waals surface area (Å²) in [7, 11) is 0. The summed E-state index contributed by atoms with van der Waals surface area (Å²) >= 11 is 0. The maximum Gasteiger partial charge on any atom is 0.257 e. The SMILES string of the molecule is O=C(NCC1CCN(CCCCCc2ccccc2)CC1)c1c2n(c3ccccc13)CCCO2. The Bertz CT molecular complexity index is 1080. The highest BCUT2D eigenvalue weighted by atomic mass is 16.5. The van der Waals surface area contributed by atoms with Gasteiger partial charge in [-0.05, 0) is 75.7 Å². The van der Waals surface area contributed by atoms with Crippen molar-refractivity contribution in [3.63, 3.8) is 0 Å². The second kappa shape index (κ2) is 11.1. The Morgan fingerprint density at radius 2 is 1.74 bits per heavy atom. The van der Waals surface area contributed by atoms with Gasteiger partial charge in [0.15, 0.2) is 0 Å². The molecule has 0 bridgehead atoms. The molecule has 0 unspecified atom stereocenters. The molecule has 5 rings (SSSR count). The predicted molar refractivity (Wildman–Crippen MR) is 138 cm³/mol. The standard InChI is InChI=1S/C29H37N3O2/c33-28(27-25-13-6-7-14-26(25)32-18-9-21-34-29(27)32)30-22-24-15-19-31(20-16-24)17-8-2-5-12-23-10-3-1-4-11-23/h1,3-4,6-7,10-11,13-14,24H,2,5,8-9,12,15-22H2,(H,30,33). The molecule has 2 aromatic carbocycles. The fourth-order valence-corrected chi connectivity index (χ4v) is 5.49. The molecular weight excluding hydrogens is 422 g/mol. The Kier molecular flexibility index (Phi) is 7.49. The Morgan fingerprint density at radius 3 is 2.59 bits per heavy atom. The highest BCUT2D eigenvalue weighted by molar-refractivity contribution is 6.09. The molecule has 1 fully saturated rings. The normalized spacial score (nSPS) is 16.8. The molecule has 0 aliphatic carbocycles. The van der Waals surface area contributed by atoms with Crippen molar-refractivity contribution >= 4 is 16.8 Å². The van der Waals surface area contributed by atoms with Crippen LogP contribution in [-0.2, 0) is 13.0 Å². The van der Waals surface area contributed by atoms with E-state index in [1.165, 1.54) is 37.8 Å². The number of unbranched alkanes of at least 4 members (excludes halogenated alkanes) is 2. The molecule has 2 aliphatic rings. The molecular formula is C29H37N3O2. The molecule has 180 valence electrons. The van der Waals surface area contributed by atoms with E-state index in [9.17, 15) is 4.79 Å². The smallest absolute Gasteiger partial charge is 0.257 e. The zero-order chi connectivity index (χ0) is 23.2. The van der Waals surface area contributed by atoms with Crippen LogP contribution in [0.5, 0.6) is 5.88 Å². The van der Waals surface area contributed by atoms with Gasteiger partial charge in [-0.1, -0.05) is 55.0 Å². The van der Waals surface area contributed by atoms with Crippen molar-refractivity contribution in [1.82, 2.24) is 14.8 Å². The largest absolute Gasteiger partial charge is 0.478 e. The minimum atomic E-state index is 0.00713. The maximum absolute atomic E-state index is 13.2. The lowest BCUT2D eigenvalue weighted by Crippen LogP contribution is -2.39. The summed E-state index contributed by atoms with van der Waals surface area (Å²) in [6.07, 6.45) is 8.34. The number of likely N-dealkylation sites (tertiary alicyclic amines) is 1. The maximum atomic E-state index is 13.2. The van der Waals surface area contributed by atoms with Crippen molar-refractivity contribution in [2.75, 3.05) is 32.8 Å². The number of rotatable bonds is 9. The third-order valence-corrected chi connectivity index (χ3v) is 7.46. The summed E-state index contributed by atoms with van der Waals surface area (Å²) in [6.45, 7) is 5.84. The number of amides is 1. The van der Waals surface area contributed by atoms with E-state index in [4.69, 9.17) is 4.74 Å². The number of benzene rings is 2. The summed E-state index contributed by atoms with van der Waals surface area (Å²) in [5.41, 5.74) is 3.26. The van der Waals surface area contributed by atoms with E-state index in [0.717, 1.165) is 62.2 Å². The molecule has 1 saturated heterocycles. The summed E-state index contributed by atoms with van der Waals surface area (Å²) in [4.78, 5) is 15.8. The van der Waals surface area contributed by atoms with Gasteiger partial charge in [0.2, 0.25) is 5.88 Å². The van der Waals surface area contributed by atoms with Gasteiger partial charge in [-0.3, -0.25) is 4.79 Å². The van der Waals surface area contributed by atoms with Crippen LogP contribution in [0.1, 0.15) is 54.4 Å². The lowest BCUT2D eigenvalue weighted by atomic mass is 9.96. The molecule has 1 N–H and O–H groups in total. The van der Waals surface area contributed by atoms with Gasteiger partial charge in [0, 0.05) is 18.5 Å². The topological polar surface area (TPSA) is 46.5 Å². The van der Waals surface area contributed by atoms with Crippen molar-refractivity contribution in [3.8, 4) is 5.88 Å². The van der Waals surface area contributed by atoms with Crippen LogP contribution >= 0.6 is 0 Å². The van der Waals surface area contributed by atoms with Gasteiger partial charge in [0.25, 0.3) is 5.91 Å². The molecule has 0 radical (unpaired) electrons. The number of aromatic nitrogens is 1. The van der Waals surface area contributed by atoms with Crippen LogP contribution in [0, 0.1) is 5.92 Å². The summed E-state index contributed by atoms with van der Waals surface area (Å²) in [6, 6.07) is 19.0. The number of hydrogen-bond acceptors (Lipinski definition) is 3. The minimum absolute atomic E-state index is 0.00713. The first-order valence-corrected chi connectivity index (χ1v) is 13.1. The fourth-order valence-electron chi connectivity index (χ4n) is 5.49. The average Bonchev–Trinajstić information content (AvgIpc) is 3.23. The molecule has 1 aromatic heterocycles. The van der Waals surface area contributed by atoms with Crippen LogP contribution in [0.15, 0.2) is 54.6 Å². The Balaban J connectivity index is 1.05. The highest BCUT2D eigenvalue weighted by Gasteiger charge is 2.27. The van der Waals surface area contributed by atoms with Crippen LogP contribution in [0.2, 0.25) is 0 Å². The number of para-hydroxylation sites is 1. The fraction of sp³-hybridized carbons (Fsp3) is 0.483. The van der Waals surface area contributed by atoms with E-state index in [1.807, 2.05) is 18.2 Å². The average molecular weight is 460 g/mol. The quantitative estimate of drug-likeness (QED) is 0.443. The molecule has 0 spiro atoms. The number of nitrogens with zero attached hydrogens (tertiary/aromatic N) is 2. The van der Waals surface area contributed by atoms with Gasteiger partial charge in [0.1, 0.15) is 5.56 Å². The van der Waals surface area contributed by atoms with Crippen molar-refractivity contribution in [2.45, 2.75) is 51.5 Å². The zero-order valence-corrected chi connectivity index (χ0v) is 20.2. The number of piperidine rings is 1. The Labute approximate surface area is 203 Å². The second-order valence-corrected chi connectivity index (χ2v) is 9.84. The predicted octanol–water partition coefficient (Wildman–Crippen LogP) is 5.28. The third kappa shape index (κ3) is 5.30. The number of hydrogen-bond donors (Lipinski definition) is 1. The number of aryl methyl sites for hydroxylation is 2. The van der Waals surface area contributed by atoms with Crippen LogP contribution in [-0.4, -0.2) is 48.2 Å². The van der Waals surface area contributed by atoms with Crippen LogP contribution < -0.4 is 10.1 Å². The molecule has 5 nitrogen and oxygen atoms in total. The van der Waals surface area contributed by atoms with Crippen LogP contribution in [0.25, 0.3) is 10.9 Å². The van der Waals surface area contributed by atoms with Crippen molar-refractivity contribution in [1.29, 1.82) is 0 Å². The highest BCUT2D eigenvalue weighted by Crippen LogP contribution is 2.34. The molecule has 5 heteroatoms. The summed E-state index contributed by atoms with van der Waals surface area (Å²) < 4.78 is 8.10.